The number of carbonyl (C=O) groups excluding carboxylic acids is 1. The fourth-order valence-corrected chi connectivity index (χ4v) is 1.50. The maximum Gasteiger partial charge on any atom is 2.00 e. The van der Waals surface area contributed by atoms with Crippen LogP contribution in [0.4, 0.5) is 0 Å². The van der Waals surface area contributed by atoms with Gasteiger partial charge in [0.1, 0.15) is 0 Å². The Balaban J connectivity index is 0.000000917. The van der Waals surface area contributed by atoms with Crippen LogP contribution in [0, 0.1) is 18.4 Å². The van der Waals surface area contributed by atoms with Crippen molar-refractivity contribution in [2.75, 3.05) is 0 Å². The van der Waals surface area contributed by atoms with E-state index in [4.69, 9.17) is 16.6 Å². The van der Waals surface area contributed by atoms with Gasteiger partial charge in [-0.2, -0.15) is 6.07 Å². The summed E-state index contributed by atoms with van der Waals surface area (Å²) in [5, 5.41) is 8.47. The Labute approximate surface area is 117 Å². The van der Waals surface area contributed by atoms with Gasteiger partial charge in [-0.1, -0.05) is 29.7 Å². The number of ether oxygens (including phenoxy) is 1. The second kappa shape index (κ2) is 8.19. The third-order valence-electron chi connectivity index (χ3n) is 2.18. The molecule has 0 aromatic heterocycles. The third kappa shape index (κ3) is 4.14. The summed E-state index contributed by atoms with van der Waals surface area (Å²) in [4.78, 5) is 10.7. The summed E-state index contributed by atoms with van der Waals surface area (Å²) in [6.45, 7) is 7.63. The van der Waals surface area contributed by atoms with Gasteiger partial charge in [-0.3, -0.25) is 4.79 Å². The van der Waals surface area contributed by atoms with Gasteiger partial charge < -0.3 is 16.6 Å². The quantitative estimate of drug-likeness (QED) is 0.485. The molecule has 0 bridgehead atoms. The van der Waals surface area contributed by atoms with E-state index in [0.717, 1.165) is 16.3 Å². The zero-order valence-corrected chi connectivity index (χ0v) is 10.6. The molecule has 1 radical (unpaired) electrons. The fraction of sp³-hybridized carbons (Fsp3) is 0.0714. The van der Waals surface area contributed by atoms with Crippen LogP contribution < -0.4 is 0 Å². The van der Waals surface area contributed by atoms with Gasteiger partial charge in [-0.15, -0.1) is 23.1 Å². The molecule has 0 aliphatic heterocycles. The van der Waals surface area contributed by atoms with Crippen LogP contribution in [0.1, 0.15) is 12.5 Å². The number of nitrogens with zero attached hydrogens (tertiary/aromatic N) is 1. The second-order valence-corrected chi connectivity index (χ2v) is 3.30. The Morgan fingerprint density at radius 3 is 2.44 bits per heavy atom. The van der Waals surface area contributed by atoms with Crippen molar-refractivity contribution in [3.05, 3.63) is 61.2 Å². The average molecular weight is 289 g/mol. The van der Waals surface area contributed by atoms with Gasteiger partial charge >= 0.3 is 17.1 Å². The van der Waals surface area contributed by atoms with E-state index in [2.05, 4.69) is 0 Å². The molecule has 0 heterocycles. The van der Waals surface area contributed by atoms with Crippen LogP contribution in [0.15, 0.2) is 42.5 Å². The number of carbonyl (C=O) groups is 1. The molecule has 0 saturated carbocycles. The minimum atomic E-state index is -0.303. The molecule has 0 fully saturated rings. The summed E-state index contributed by atoms with van der Waals surface area (Å²) < 4.78 is 4.87. The van der Waals surface area contributed by atoms with E-state index in [-0.39, 0.29) is 23.0 Å². The summed E-state index contributed by atoms with van der Waals surface area (Å²) in [7, 11) is 0. The summed E-state index contributed by atoms with van der Waals surface area (Å²) in [6.07, 6.45) is 0. The predicted molar refractivity (Wildman–Crippen MR) is 64.1 cm³/mol. The van der Waals surface area contributed by atoms with Crippen molar-refractivity contribution in [1.82, 2.24) is 0 Å². The molecule has 0 amide bonds. The van der Waals surface area contributed by atoms with Crippen LogP contribution >= 0.6 is 0 Å². The topological polar surface area (TPSA) is 50.1 Å². The smallest absolute Gasteiger partial charge is 0.512 e. The van der Waals surface area contributed by atoms with Gasteiger partial charge in [0.15, 0.2) is 0 Å². The summed E-state index contributed by atoms with van der Waals surface area (Å²) in [5.74, 6) is -0.303. The average Bonchev–Trinajstić information content (AvgIpc) is 2.38. The van der Waals surface area contributed by atoms with Gasteiger partial charge in [-0.25, -0.2) is 0 Å². The number of fused-ring (bicyclic) bond motifs is 1. The molecule has 0 spiro atoms. The Hall–Kier alpha value is -1.95. The first-order valence-corrected chi connectivity index (χ1v) is 4.98. The van der Waals surface area contributed by atoms with E-state index < -0.39 is 0 Å². The second-order valence-electron chi connectivity index (χ2n) is 3.30. The standard InChI is InChI=1S/C13H11O2.CN.Cu/c1-10(14)15-9-12-7-4-6-11-5-2-3-8-13(11)12;1-2;/h2-9H,1H3;;/q2*-1;+2. The first-order valence-electron chi connectivity index (χ1n) is 4.98. The Kier molecular flexibility index (Phi) is 7.30. The van der Waals surface area contributed by atoms with Crippen molar-refractivity contribution in [1.29, 1.82) is 5.26 Å². The first kappa shape index (κ1) is 16.0. The van der Waals surface area contributed by atoms with Crippen LogP contribution in [0.25, 0.3) is 10.8 Å². The first-order chi connectivity index (χ1) is 8.27. The minimum absolute atomic E-state index is 0. The van der Waals surface area contributed by atoms with Crippen molar-refractivity contribution in [2.45, 2.75) is 6.92 Å². The van der Waals surface area contributed by atoms with Crippen molar-refractivity contribution in [3.8, 4) is 0 Å². The van der Waals surface area contributed by atoms with Crippen LogP contribution in [-0.4, -0.2) is 5.97 Å². The molecule has 0 aliphatic rings. The number of esters is 1. The Morgan fingerprint density at radius 1 is 1.17 bits per heavy atom. The molecule has 4 heteroatoms. The summed E-state index contributed by atoms with van der Waals surface area (Å²) in [5.41, 5.74) is 0.920. The van der Waals surface area contributed by atoms with Gasteiger partial charge in [0, 0.05) is 6.92 Å². The van der Waals surface area contributed by atoms with Gasteiger partial charge in [0.05, 0.1) is 0 Å². The van der Waals surface area contributed by atoms with Crippen molar-refractivity contribution in [2.24, 2.45) is 0 Å². The van der Waals surface area contributed by atoms with Crippen molar-refractivity contribution >= 4 is 16.7 Å². The SMILES string of the molecule is CC(=O)O[CH-]c1cccc2ccccc12.[C-]#N.[Cu+2]. The number of rotatable bonds is 2. The molecule has 95 valence electrons. The zero-order chi connectivity index (χ0) is 12.7. The normalized spacial score (nSPS) is 8.39. The van der Waals surface area contributed by atoms with E-state index in [0.29, 0.717) is 0 Å². The summed E-state index contributed by atoms with van der Waals surface area (Å²) >= 11 is 0. The molecular weight excluding hydrogens is 278 g/mol. The van der Waals surface area contributed by atoms with E-state index in [1.54, 1.807) is 0 Å². The molecule has 2 aromatic rings. The molecular formula is C14H11CuNO2. The number of hydrogen-bond donors (Lipinski definition) is 0. The number of hydrogen-bond acceptors (Lipinski definition) is 3. The molecule has 2 aromatic carbocycles. The van der Waals surface area contributed by atoms with E-state index in [1.807, 2.05) is 42.5 Å². The third-order valence-corrected chi connectivity index (χ3v) is 2.18. The van der Waals surface area contributed by atoms with Crippen LogP contribution in [0.5, 0.6) is 0 Å². The molecule has 18 heavy (non-hydrogen) atoms. The van der Waals surface area contributed by atoms with Crippen molar-refractivity contribution < 1.29 is 26.6 Å². The Bertz CT molecular complexity index is 532. The van der Waals surface area contributed by atoms with Gasteiger partial charge in [-0.05, 0) is 6.61 Å². The maximum atomic E-state index is 10.7. The maximum absolute atomic E-state index is 10.7. The molecule has 0 atom stereocenters. The monoisotopic (exact) mass is 288 g/mol. The van der Waals surface area contributed by atoms with E-state index in [9.17, 15) is 4.79 Å². The zero-order valence-electron chi connectivity index (χ0n) is 9.68. The van der Waals surface area contributed by atoms with Gasteiger partial charge in [0.2, 0.25) is 0 Å². The Morgan fingerprint density at radius 2 is 1.78 bits per heavy atom. The van der Waals surface area contributed by atoms with Crippen LogP contribution in [0.2, 0.25) is 0 Å². The minimum Gasteiger partial charge on any atom is -0.512 e. The molecule has 0 N–H and O–H groups in total. The fourth-order valence-electron chi connectivity index (χ4n) is 1.50. The number of benzene rings is 2. The molecule has 3 nitrogen and oxygen atoms in total. The van der Waals surface area contributed by atoms with Crippen LogP contribution in [0.3, 0.4) is 0 Å². The van der Waals surface area contributed by atoms with E-state index >= 15 is 0 Å². The molecule has 0 saturated heterocycles. The largest absolute Gasteiger partial charge is 2.00 e. The predicted octanol–water partition coefficient (Wildman–Crippen LogP) is 3.01. The summed E-state index contributed by atoms with van der Waals surface area (Å²) in [6, 6.07) is 13.9. The molecule has 2 rings (SSSR count). The van der Waals surface area contributed by atoms with Crippen molar-refractivity contribution in [3.63, 3.8) is 0 Å². The van der Waals surface area contributed by atoms with Crippen LogP contribution in [-0.2, 0) is 26.6 Å². The van der Waals surface area contributed by atoms with E-state index in [1.165, 1.54) is 13.5 Å². The molecule has 0 aliphatic carbocycles. The van der Waals surface area contributed by atoms with Gasteiger partial charge in [0.25, 0.3) is 5.97 Å². The molecule has 0 unspecified atom stereocenters.